The van der Waals surface area contributed by atoms with Crippen molar-refractivity contribution >= 4 is 28.3 Å². The van der Waals surface area contributed by atoms with Crippen LogP contribution in [0.2, 0.25) is 0 Å². The molecule has 3 aromatic heterocycles. The first-order chi connectivity index (χ1) is 35.7. The van der Waals surface area contributed by atoms with Crippen LogP contribution < -0.4 is 19.3 Å². The van der Waals surface area contributed by atoms with Gasteiger partial charge >= 0.3 is 0 Å². The Morgan fingerprint density at radius 3 is 1.53 bits per heavy atom. The molecule has 0 spiro atoms. The maximum Gasteiger partial charge on any atom is 0.138 e. The fourth-order valence-corrected chi connectivity index (χ4v) is 11.7. The van der Waals surface area contributed by atoms with Crippen LogP contribution in [0.15, 0.2) is 169 Å². The fourth-order valence-electron chi connectivity index (χ4n) is 11.7. The highest BCUT2D eigenvalue weighted by atomic mass is 16.5. The van der Waals surface area contributed by atoms with Crippen LogP contribution in [-0.2, 0) is 21.6 Å². The average molecular weight is 970 g/mol. The highest BCUT2D eigenvalue weighted by Gasteiger charge is 2.42. The second kappa shape index (κ2) is 19.9. The predicted molar refractivity (Wildman–Crippen MR) is 289 cm³/mol. The van der Waals surface area contributed by atoms with E-state index in [0.29, 0.717) is 12.2 Å². The lowest BCUT2D eigenvalue weighted by Crippen LogP contribution is -2.43. The summed E-state index contributed by atoms with van der Waals surface area (Å²) in [6, 6.07) is 53.3. The molecule has 0 N–H and O–H groups in total. The van der Waals surface area contributed by atoms with Crippen LogP contribution in [0.1, 0.15) is 86.8 Å². The standard InChI is InChI=1S/C40H38N4O2.C22H25N3O2/c1-28(2)45-33-20-21-37-36(25-33)39(29-22-23-41-38(24-29)43-26-34-18-19-35(27-43)46-34)42-44(37)40(30-12-6-3-7-13-30,31-14-8-4-9-15-31)32-16-10-5-11-17-32;1-14(2)26-17-4-3-16-11-24-22(20(16)10-17)15-7-8-23-21(9-15)25-12-18-5-6-19(13-25)27-18/h3-17,20-25,28,34-35H,18-19,26-27H2,1-2H3;3-4,7-10,14,18-19H,5-6,11-13H2,1-2H3. The molecule has 5 aromatic carbocycles. The van der Waals surface area contributed by atoms with E-state index < -0.39 is 5.54 Å². The number of hydrogen-bond acceptors (Lipinski definition) is 10. The summed E-state index contributed by atoms with van der Waals surface area (Å²) in [6.07, 6.45) is 9.88. The van der Waals surface area contributed by atoms with Crippen molar-refractivity contribution < 1.29 is 18.9 Å². The average Bonchev–Trinajstić information content (AvgIpc) is 4.20. The Morgan fingerprint density at radius 2 is 1.01 bits per heavy atom. The van der Waals surface area contributed by atoms with Gasteiger partial charge in [0.1, 0.15) is 34.4 Å². The van der Waals surface area contributed by atoms with Gasteiger partial charge in [0.15, 0.2) is 0 Å². The molecule has 8 heterocycles. The van der Waals surface area contributed by atoms with Crippen molar-refractivity contribution in [2.75, 3.05) is 36.0 Å². The number of aromatic nitrogens is 4. The van der Waals surface area contributed by atoms with Crippen molar-refractivity contribution in [3.8, 4) is 22.8 Å². The van der Waals surface area contributed by atoms with Crippen molar-refractivity contribution in [1.82, 2.24) is 19.7 Å². The molecule has 4 atom stereocenters. The molecule has 5 aliphatic heterocycles. The van der Waals surface area contributed by atoms with Crippen LogP contribution in [0, 0.1) is 0 Å². The quantitative estimate of drug-likeness (QED) is 0.111. The number of morpholine rings is 2. The van der Waals surface area contributed by atoms with E-state index >= 15 is 0 Å². The molecule has 0 saturated carbocycles. The van der Waals surface area contributed by atoms with Gasteiger partial charge in [-0.15, -0.1) is 0 Å². The number of hydrogen-bond donors (Lipinski definition) is 0. The maximum atomic E-state index is 6.24. The topological polar surface area (TPSA) is 99.4 Å². The molecule has 4 bridgehead atoms. The maximum absolute atomic E-state index is 6.24. The number of fused-ring (bicyclic) bond motifs is 6. The highest BCUT2D eigenvalue weighted by Crippen LogP contribution is 2.45. The summed E-state index contributed by atoms with van der Waals surface area (Å²) in [5.41, 5.74) is 10.2. The third-order valence-corrected chi connectivity index (χ3v) is 14.8. The van der Waals surface area contributed by atoms with Gasteiger partial charge in [-0.25, -0.2) is 14.6 Å². The lowest BCUT2D eigenvalue weighted by molar-refractivity contribution is 0.0300. The van der Waals surface area contributed by atoms with Gasteiger partial charge in [-0.2, -0.15) is 5.10 Å². The normalized spacial score (nSPS) is 20.0. The first-order valence-electron chi connectivity index (χ1n) is 26.2. The zero-order valence-corrected chi connectivity index (χ0v) is 42.2. The second-order valence-corrected chi connectivity index (χ2v) is 20.6. The van der Waals surface area contributed by atoms with Gasteiger partial charge in [0.2, 0.25) is 0 Å². The zero-order valence-electron chi connectivity index (χ0n) is 42.2. The van der Waals surface area contributed by atoms with Crippen LogP contribution >= 0.6 is 0 Å². The molecule has 0 aliphatic carbocycles. The summed E-state index contributed by atoms with van der Waals surface area (Å²) >= 11 is 0. The van der Waals surface area contributed by atoms with Gasteiger partial charge in [-0.1, -0.05) is 97.1 Å². The molecule has 0 amide bonds. The Labute approximate surface area is 428 Å². The summed E-state index contributed by atoms with van der Waals surface area (Å²) in [4.78, 5) is 19.0. The van der Waals surface area contributed by atoms with Crippen molar-refractivity contribution in [3.05, 3.63) is 197 Å². The Morgan fingerprint density at radius 1 is 0.534 bits per heavy atom. The van der Waals surface area contributed by atoms with Crippen molar-refractivity contribution in [2.45, 2.75) is 102 Å². The Kier molecular flexibility index (Phi) is 12.8. The van der Waals surface area contributed by atoms with Gasteiger partial charge in [0.05, 0.1) is 54.4 Å². The summed E-state index contributed by atoms with van der Waals surface area (Å²) in [6.45, 7) is 12.5. The lowest BCUT2D eigenvalue weighted by atomic mass is 9.77. The summed E-state index contributed by atoms with van der Waals surface area (Å²) in [7, 11) is 0. The summed E-state index contributed by atoms with van der Waals surface area (Å²) < 4.78 is 26.4. The fraction of sp³-hybridized carbons (Fsp3) is 0.323. The molecule has 0 radical (unpaired) electrons. The minimum atomic E-state index is -0.750. The molecule has 11 nitrogen and oxygen atoms in total. The number of ether oxygens (including phenoxy) is 4. The molecule has 4 unspecified atom stereocenters. The van der Waals surface area contributed by atoms with E-state index in [1.165, 1.54) is 24.0 Å². The summed E-state index contributed by atoms with van der Waals surface area (Å²) in [5, 5.41) is 6.63. The monoisotopic (exact) mass is 969 g/mol. The van der Waals surface area contributed by atoms with Crippen LogP contribution in [0.4, 0.5) is 11.6 Å². The smallest absolute Gasteiger partial charge is 0.138 e. The molecule has 11 heteroatoms. The minimum Gasteiger partial charge on any atom is -0.491 e. The largest absolute Gasteiger partial charge is 0.491 e. The van der Waals surface area contributed by atoms with E-state index in [0.717, 1.165) is 119 Å². The first-order valence-corrected chi connectivity index (χ1v) is 26.2. The molecular weight excluding hydrogens is 907 g/mol. The third kappa shape index (κ3) is 9.25. The molecule has 8 aromatic rings. The second-order valence-electron chi connectivity index (χ2n) is 20.6. The number of nitrogens with zero attached hydrogens (tertiary/aromatic N) is 7. The number of aliphatic imine (C=N–C) groups is 1. The molecule has 370 valence electrons. The van der Waals surface area contributed by atoms with Crippen LogP contribution in [0.25, 0.3) is 22.2 Å². The number of benzene rings is 5. The first kappa shape index (κ1) is 46.7. The molecular formula is C62H63N7O4. The van der Waals surface area contributed by atoms with Crippen molar-refractivity contribution in [1.29, 1.82) is 0 Å². The molecule has 5 aliphatic rings. The lowest BCUT2D eigenvalue weighted by Gasteiger charge is -2.37. The Balaban J connectivity index is 0.000000170. The molecule has 4 saturated heterocycles. The Hall–Kier alpha value is -7.34. The summed E-state index contributed by atoms with van der Waals surface area (Å²) in [5.74, 6) is 3.72. The van der Waals surface area contributed by atoms with Crippen LogP contribution in [-0.4, -0.2) is 88.3 Å². The van der Waals surface area contributed by atoms with E-state index in [9.17, 15) is 0 Å². The molecule has 73 heavy (non-hydrogen) atoms. The van der Waals surface area contributed by atoms with Crippen molar-refractivity contribution in [2.24, 2.45) is 4.99 Å². The third-order valence-electron chi connectivity index (χ3n) is 14.8. The van der Waals surface area contributed by atoms with E-state index in [1.54, 1.807) is 0 Å². The van der Waals surface area contributed by atoms with Gasteiger partial charge in [-0.05, 0) is 130 Å². The highest BCUT2D eigenvalue weighted by molar-refractivity contribution is 6.15. The molecule has 13 rings (SSSR count). The van der Waals surface area contributed by atoms with Gasteiger partial charge in [-0.3, -0.25) is 4.99 Å². The number of anilines is 2. The van der Waals surface area contributed by atoms with E-state index in [1.807, 2.05) is 32.3 Å². The van der Waals surface area contributed by atoms with E-state index in [4.69, 9.17) is 34.0 Å². The van der Waals surface area contributed by atoms with Gasteiger partial charge in [0, 0.05) is 60.6 Å². The van der Waals surface area contributed by atoms with Gasteiger partial charge < -0.3 is 28.7 Å². The zero-order chi connectivity index (χ0) is 49.5. The van der Waals surface area contributed by atoms with Crippen molar-refractivity contribution in [3.63, 3.8) is 0 Å². The number of pyridine rings is 2. The predicted octanol–water partition coefficient (Wildman–Crippen LogP) is 11.7. The SMILES string of the molecule is CC(C)Oc1ccc2c(c1)C(c1ccnc(N3CC4CCC(C3)O4)c1)=NC2.CC(C)Oc1ccc2c(c1)c(-c1ccnc(N3CC4CCC(C3)O4)c1)nn2C(c1ccccc1)(c1ccccc1)c1ccccc1. The Bertz CT molecular complexity index is 3130. The van der Waals surface area contributed by atoms with Crippen LogP contribution in [0.3, 0.4) is 0 Å². The van der Waals surface area contributed by atoms with Crippen LogP contribution in [0.5, 0.6) is 11.5 Å². The van der Waals surface area contributed by atoms with E-state index in [2.05, 4.69) is 179 Å². The molecule has 4 fully saturated rings. The van der Waals surface area contributed by atoms with E-state index in [-0.39, 0.29) is 24.4 Å². The van der Waals surface area contributed by atoms with Gasteiger partial charge in [0.25, 0.3) is 0 Å². The minimum absolute atomic E-state index is 0.0530. The number of rotatable bonds is 12.